The van der Waals surface area contributed by atoms with E-state index in [9.17, 15) is 4.79 Å². The SMILES string of the molecule is CC(C(=O)N[C@@H](C)O)N(C)C. The van der Waals surface area contributed by atoms with Gasteiger partial charge in [-0.2, -0.15) is 0 Å². The zero-order valence-corrected chi connectivity index (χ0v) is 7.46. The molecular formula is C7H16N2O2. The number of aliphatic hydroxyl groups excluding tert-OH is 1. The maximum Gasteiger partial charge on any atom is 0.239 e. The van der Waals surface area contributed by atoms with Crippen LogP contribution in [0.2, 0.25) is 0 Å². The molecule has 2 N–H and O–H groups in total. The Bertz CT molecular complexity index is 134. The second kappa shape index (κ2) is 4.31. The Morgan fingerprint density at radius 3 is 2.18 bits per heavy atom. The highest BCUT2D eigenvalue weighted by atomic mass is 16.3. The summed E-state index contributed by atoms with van der Waals surface area (Å²) < 4.78 is 0. The van der Waals surface area contributed by atoms with Crippen molar-refractivity contribution in [3.8, 4) is 0 Å². The maximum atomic E-state index is 11.1. The van der Waals surface area contributed by atoms with Gasteiger partial charge in [-0.15, -0.1) is 0 Å². The fourth-order valence-corrected chi connectivity index (χ4v) is 0.561. The number of likely N-dealkylation sites (N-methyl/N-ethyl adjacent to an activating group) is 1. The van der Waals surface area contributed by atoms with Crippen molar-refractivity contribution < 1.29 is 9.90 Å². The lowest BCUT2D eigenvalue weighted by Crippen LogP contribution is -2.44. The van der Waals surface area contributed by atoms with Crippen molar-refractivity contribution in [2.75, 3.05) is 14.1 Å². The van der Waals surface area contributed by atoms with Crippen molar-refractivity contribution in [3.63, 3.8) is 0 Å². The Morgan fingerprint density at radius 1 is 1.45 bits per heavy atom. The third kappa shape index (κ3) is 3.95. The number of nitrogens with one attached hydrogen (secondary N) is 1. The van der Waals surface area contributed by atoms with E-state index in [1.165, 1.54) is 6.92 Å². The largest absolute Gasteiger partial charge is 0.374 e. The van der Waals surface area contributed by atoms with Crippen LogP contribution in [-0.2, 0) is 4.79 Å². The molecule has 0 heterocycles. The van der Waals surface area contributed by atoms with E-state index in [1.54, 1.807) is 11.8 Å². The third-order valence-electron chi connectivity index (χ3n) is 1.51. The van der Waals surface area contributed by atoms with Crippen molar-refractivity contribution in [2.45, 2.75) is 26.1 Å². The molecule has 0 saturated carbocycles. The fraction of sp³-hybridized carbons (Fsp3) is 0.857. The summed E-state index contributed by atoms with van der Waals surface area (Å²) in [7, 11) is 3.62. The topological polar surface area (TPSA) is 52.6 Å². The molecule has 0 saturated heterocycles. The summed E-state index contributed by atoms with van der Waals surface area (Å²) in [5, 5.41) is 11.2. The fourth-order valence-electron chi connectivity index (χ4n) is 0.561. The number of carbonyl (C=O) groups is 1. The Morgan fingerprint density at radius 2 is 1.91 bits per heavy atom. The first kappa shape index (κ1) is 10.4. The molecule has 66 valence electrons. The molecule has 0 aliphatic rings. The van der Waals surface area contributed by atoms with Crippen molar-refractivity contribution >= 4 is 5.91 Å². The average Bonchev–Trinajstić information content (AvgIpc) is 1.84. The van der Waals surface area contributed by atoms with Gasteiger partial charge in [0.05, 0.1) is 6.04 Å². The molecule has 1 amide bonds. The molecule has 0 aliphatic carbocycles. The van der Waals surface area contributed by atoms with Crippen LogP contribution in [0, 0.1) is 0 Å². The van der Waals surface area contributed by atoms with Gasteiger partial charge < -0.3 is 10.4 Å². The molecule has 4 heteroatoms. The van der Waals surface area contributed by atoms with Crippen LogP contribution >= 0.6 is 0 Å². The van der Waals surface area contributed by atoms with Crippen LogP contribution in [0.4, 0.5) is 0 Å². The second-order valence-electron chi connectivity index (χ2n) is 2.82. The summed E-state index contributed by atoms with van der Waals surface area (Å²) in [5.74, 6) is -0.162. The zero-order valence-electron chi connectivity index (χ0n) is 7.46. The van der Waals surface area contributed by atoms with Crippen LogP contribution < -0.4 is 5.32 Å². The van der Waals surface area contributed by atoms with Gasteiger partial charge >= 0.3 is 0 Å². The summed E-state index contributed by atoms with van der Waals surface area (Å²) in [6.07, 6.45) is -0.773. The average molecular weight is 160 g/mol. The maximum absolute atomic E-state index is 11.1. The molecule has 0 aromatic heterocycles. The van der Waals surface area contributed by atoms with E-state index in [1.807, 2.05) is 14.1 Å². The molecule has 2 atom stereocenters. The monoisotopic (exact) mass is 160 g/mol. The Hall–Kier alpha value is -0.610. The molecule has 0 fully saturated rings. The number of hydrogen-bond donors (Lipinski definition) is 2. The van der Waals surface area contributed by atoms with Gasteiger partial charge in [0.15, 0.2) is 0 Å². The lowest BCUT2D eigenvalue weighted by Gasteiger charge is -2.19. The highest BCUT2D eigenvalue weighted by molar-refractivity contribution is 5.81. The van der Waals surface area contributed by atoms with Gasteiger partial charge in [-0.05, 0) is 27.9 Å². The summed E-state index contributed by atoms with van der Waals surface area (Å²) in [6.45, 7) is 3.29. The number of rotatable bonds is 3. The minimum Gasteiger partial charge on any atom is -0.374 e. The Kier molecular flexibility index (Phi) is 4.07. The predicted molar refractivity (Wildman–Crippen MR) is 43.0 cm³/mol. The number of carbonyl (C=O) groups excluding carboxylic acids is 1. The Labute approximate surface area is 67.2 Å². The minimum atomic E-state index is -0.773. The van der Waals surface area contributed by atoms with Crippen molar-refractivity contribution in [3.05, 3.63) is 0 Å². The van der Waals surface area contributed by atoms with Crippen LogP contribution in [0.5, 0.6) is 0 Å². The molecule has 0 aromatic carbocycles. The summed E-state index contributed by atoms with van der Waals surface area (Å²) in [6, 6.07) is -0.204. The molecule has 4 nitrogen and oxygen atoms in total. The molecule has 0 aromatic rings. The van der Waals surface area contributed by atoms with Gasteiger partial charge in [0.2, 0.25) is 5.91 Å². The quantitative estimate of drug-likeness (QED) is 0.542. The predicted octanol–water partition coefficient (Wildman–Crippen LogP) is -0.609. The van der Waals surface area contributed by atoms with Gasteiger partial charge in [-0.1, -0.05) is 0 Å². The minimum absolute atomic E-state index is 0.162. The number of hydrogen-bond acceptors (Lipinski definition) is 3. The highest BCUT2D eigenvalue weighted by Crippen LogP contribution is 1.91. The third-order valence-corrected chi connectivity index (χ3v) is 1.51. The molecule has 0 bridgehead atoms. The van der Waals surface area contributed by atoms with E-state index in [2.05, 4.69) is 5.32 Å². The van der Waals surface area contributed by atoms with Crippen molar-refractivity contribution in [1.29, 1.82) is 0 Å². The molecule has 0 aliphatic heterocycles. The normalized spacial score (nSPS) is 16.2. The van der Waals surface area contributed by atoms with Gasteiger partial charge in [-0.25, -0.2) is 0 Å². The lowest BCUT2D eigenvalue weighted by atomic mass is 10.3. The van der Waals surface area contributed by atoms with Gasteiger partial charge in [0, 0.05) is 0 Å². The molecule has 0 radical (unpaired) electrons. The van der Waals surface area contributed by atoms with Crippen molar-refractivity contribution in [2.24, 2.45) is 0 Å². The number of aliphatic hydroxyl groups is 1. The van der Waals surface area contributed by atoms with E-state index in [0.717, 1.165) is 0 Å². The highest BCUT2D eigenvalue weighted by Gasteiger charge is 2.15. The van der Waals surface area contributed by atoms with Crippen molar-refractivity contribution in [1.82, 2.24) is 10.2 Å². The van der Waals surface area contributed by atoms with Crippen LogP contribution in [-0.4, -0.2) is 42.3 Å². The summed E-state index contributed by atoms with van der Waals surface area (Å²) >= 11 is 0. The van der Waals surface area contributed by atoms with E-state index in [4.69, 9.17) is 5.11 Å². The number of nitrogens with zero attached hydrogens (tertiary/aromatic N) is 1. The molecular weight excluding hydrogens is 144 g/mol. The summed E-state index contributed by atoms with van der Waals surface area (Å²) in [5.41, 5.74) is 0. The van der Waals surface area contributed by atoms with Gasteiger partial charge in [-0.3, -0.25) is 9.69 Å². The lowest BCUT2D eigenvalue weighted by molar-refractivity contribution is -0.127. The van der Waals surface area contributed by atoms with Gasteiger partial charge in [0.25, 0.3) is 0 Å². The standard InChI is InChI=1S/C7H16N2O2/c1-5(9(3)4)7(11)8-6(2)10/h5-6,10H,1-4H3,(H,8,11)/t5?,6-/m1/s1. The zero-order chi connectivity index (χ0) is 9.02. The molecule has 0 spiro atoms. The first-order valence-electron chi connectivity index (χ1n) is 3.60. The number of amides is 1. The molecule has 1 unspecified atom stereocenters. The van der Waals surface area contributed by atoms with Crippen LogP contribution in [0.25, 0.3) is 0 Å². The van der Waals surface area contributed by atoms with Gasteiger partial charge in [0.1, 0.15) is 6.23 Å². The molecule has 11 heavy (non-hydrogen) atoms. The summed E-state index contributed by atoms with van der Waals surface area (Å²) in [4.78, 5) is 12.9. The molecule has 0 rings (SSSR count). The first-order valence-corrected chi connectivity index (χ1v) is 3.60. The van der Waals surface area contributed by atoms with E-state index >= 15 is 0 Å². The smallest absolute Gasteiger partial charge is 0.239 e. The van der Waals surface area contributed by atoms with Crippen LogP contribution in [0.3, 0.4) is 0 Å². The Balaban J connectivity index is 3.83. The van der Waals surface area contributed by atoms with Crippen LogP contribution in [0.15, 0.2) is 0 Å². The van der Waals surface area contributed by atoms with E-state index in [0.29, 0.717) is 0 Å². The van der Waals surface area contributed by atoms with E-state index in [-0.39, 0.29) is 11.9 Å². The van der Waals surface area contributed by atoms with Crippen LogP contribution in [0.1, 0.15) is 13.8 Å². The van der Waals surface area contributed by atoms with E-state index < -0.39 is 6.23 Å². The second-order valence-corrected chi connectivity index (χ2v) is 2.82. The first-order chi connectivity index (χ1) is 4.95.